The lowest BCUT2D eigenvalue weighted by Crippen LogP contribution is -2.35. The summed E-state index contributed by atoms with van der Waals surface area (Å²) in [7, 11) is 0. The third-order valence-electron chi connectivity index (χ3n) is 4.85. The summed E-state index contributed by atoms with van der Waals surface area (Å²) in [6.45, 7) is 0. The molecule has 2 bridgehead atoms. The number of benzene rings is 1. The first-order chi connectivity index (χ1) is 8.34. The highest BCUT2D eigenvalue weighted by atomic mass is 16.1. The molecule has 1 nitrogen and oxygen atoms in total. The second-order valence-electron chi connectivity index (χ2n) is 5.62. The molecule has 0 heterocycles. The van der Waals surface area contributed by atoms with Crippen LogP contribution in [0.5, 0.6) is 0 Å². The fourth-order valence-electron chi connectivity index (χ4n) is 4.07. The highest BCUT2D eigenvalue weighted by Gasteiger charge is 2.42. The van der Waals surface area contributed by atoms with Crippen LogP contribution in [0.25, 0.3) is 5.57 Å². The van der Waals surface area contributed by atoms with Crippen molar-refractivity contribution in [1.29, 1.82) is 0 Å². The van der Waals surface area contributed by atoms with Crippen LogP contribution in [0.15, 0.2) is 29.8 Å². The van der Waals surface area contributed by atoms with Gasteiger partial charge in [-0.2, -0.15) is 0 Å². The van der Waals surface area contributed by atoms with Gasteiger partial charge in [0.15, 0.2) is 5.78 Å². The predicted octanol–water partition coefficient (Wildman–Crippen LogP) is 3.39. The highest BCUT2D eigenvalue weighted by molar-refractivity contribution is 6.06. The van der Waals surface area contributed by atoms with E-state index >= 15 is 0 Å². The van der Waals surface area contributed by atoms with E-state index in [-0.39, 0.29) is 0 Å². The van der Waals surface area contributed by atoms with Gasteiger partial charge in [0.1, 0.15) is 0 Å². The SMILES string of the molecule is O=C1C[C@H]2CCC1=C1c3ccccc3CCC12. The molecule has 0 aliphatic heterocycles. The minimum absolute atomic E-state index is 0.434. The zero-order valence-electron chi connectivity index (χ0n) is 9.91. The molecule has 0 amide bonds. The molecule has 17 heavy (non-hydrogen) atoms. The highest BCUT2D eigenvalue weighted by Crippen LogP contribution is 2.52. The fourth-order valence-corrected chi connectivity index (χ4v) is 4.07. The maximum atomic E-state index is 12.1. The number of carbonyl (C=O) groups excluding carboxylic acids is 1. The molecular formula is C16H16O. The summed E-state index contributed by atoms with van der Waals surface area (Å²) in [6, 6.07) is 8.68. The van der Waals surface area contributed by atoms with E-state index in [1.54, 1.807) is 0 Å². The van der Waals surface area contributed by atoms with Crippen molar-refractivity contribution in [2.24, 2.45) is 11.8 Å². The lowest BCUT2D eigenvalue weighted by molar-refractivity contribution is -0.118. The van der Waals surface area contributed by atoms with Crippen molar-refractivity contribution in [3.8, 4) is 0 Å². The summed E-state index contributed by atoms with van der Waals surface area (Å²) in [5.41, 5.74) is 5.44. The van der Waals surface area contributed by atoms with Gasteiger partial charge in [0.2, 0.25) is 0 Å². The Morgan fingerprint density at radius 1 is 1.06 bits per heavy atom. The van der Waals surface area contributed by atoms with Crippen molar-refractivity contribution in [1.82, 2.24) is 0 Å². The first-order valence-electron chi connectivity index (χ1n) is 6.69. The zero-order valence-corrected chi connectivity index (χ0v) is 9.91. The summed E-state index contributed by atoms with van der Waals surface area (Å²) < 4.78 is 0. The second-order valence-corrected chi connectivity index (χ2v) is 5.62. The number of hydrogen-bond donors (Lipinski definition) is 0. The number of ketones is 1. The summed E-state index contributed by atoms with van der Waals surface area (Å²) in [5, 5.41) is 0. The molecule has 4 aliphatic rings. The van der Waals surface area contributed by atoms with Gasteiger partial charge in [0, 0.05) is 6.42 Å². The van der Waals surface area contributed by atoms with E-state index in [0.29, 0.717) is 17.6 Å². The van der Waals surface area contributed by atoms with E-state index < -0.39 is 0 Å². The van der Waals surface area contributed by atoms with Crippen LogP contribution in [0.3, 0.4) is 0 Å². The van der Waals surface area contributed by atoms with Crippen molar-refractivity contribution in [3.63, 3.8) is 0 Å². The second kappa shape index (κ2) is 3.32. The van der Waals surface area contributed by atoms with Gasteiger partial charge in [-0.15, -0.1) is 0 Å². The van der Waals surface area contributed by atoms with Crippen LogP contribution in [0.2, 0.25) is 0 Å². The van der Waals surface area contributed by atoms with Gasteiger partial charge in [-0.25, -0.2) is 0 Å². The Labute approximate surface area is 102 Å². The number of rotatable bonds is 0. The van der Waals surface area contributed by atoms with E-state index in [2.05, 4.69) is 24.3 Å². The smallest absolute Gasteiger partial charge is 0.159 e. The van der Waals surface area contributed by atoms with Gasteiger partial charge in [0.25, 0.3) is 0 Å². The minimum Gasteiger partial charge on any atom is -0.295 e. The van der Waals surface area contributed by atoms with Crippen LogP contribution in [-0.2, 0) is 11.2 Å². The topological polar surface area (TPSA) is 17.1 Å². The number of fused-ring (bicyclic) bond motifs is 3. The largest absolute Gasteiger partial charge is 0.295 e. The molecule has 0 aromatic heterocycles. The van der Waals surface area contributed by atoms with E-state index in [1.165, 1.54) is 41.5 Å². The minimum atomic E-state index is 0.434. The van der Waals surface area contributed by atoms with Gasteiger partial charge in [-0.3, -0.25) is 4.79 Å². The summed E-state index contributed by atoms with van der Waals surface area (Å²) in [6.07, 6.45) is 5.56. The summed E-state index contributed by atoms with van der Waals surface area (Å²) >= 11 is 0. The third kappa shape index (κ3) is 1.23. The predicted molar refractivity (Wildman–Crippen MR) is 67.5 cm³/mol. The van der Waals surface area contributed by atoms with Crippen LogP contribution >= 0.6 is 0 Å². The molecule has 1 aromatic rings. The molecule has 0 N–H and O–H groups in total. The standard InChI is InChI=1S/C16H16O/c17-15-9-11-6-8-14(15)16-12-4-2-1-3-10(12)5-7-13(11)16/h1-4,11,13H,5-9H2/t11-,13?/m1/s1. The number of hydrogen-bond acceptors (Lipinski definition) is 1. The van der Waals surface area contributed by atoms with E-state index in [9.17, 15) is 4.79 Å². The van der Waals surface area contributed by atoms with Gasteiger partial charge in [0.05, 0.1) is 0 Å². The van der Waals surface area contributed by atoms with Gasteiger partial charge < -0.3 is 0 Å². The average molecular weight is 224 g/mol. The molecule has 1 heteroatoms. The Bertz CT molecular complexity index is 538. The average Bonchev–Trinajstić information content (AvgIpc) is 2.39. The number of allylic oxidation sites excluding steroid dienone is 2. The maximum absolute atomic E-state index is 12.1. The Morgan fingerprint density at radius 3 is 2.82 bits per heavy atom. The monoisotopic (exact) mass is 224 g/mol. The summed E-state index contributed by atoms with van der Waals surface area (Å²) in [4.78, 5) is 12.1. The molecule has 1 saturated carbocycles. The van der Waals surface area contributed by atoms with Gasteiger partial charge in [-0.1, -0.05) is 24.3 Å². The number of carbonyl (C=O) groups is 1. The molecular weight excluding hydrogens is 208 g/mol. The molecule has 2 atom stereocenters. The first kappa shape index (κ1) is 9.64. The molecule has 1 unspecified atom stereocenters. The van der Waals surface area contributed by atoms with Gasteiger partial charge >= 0.3 is 0 Å². The van der Waals surface area contributed by atoms with Crippen LogP contribution in [-0.4, -0.2) is 5.78 Å². The van der Waals surface area contributed by atoms with Crippen LogP contribution in [0, 0.1) is 11.8 Å². The number of Topliss-reactive ketones (excluding diaryl/α,β-unsaturated/α-hetero) is 1. The van der Waals surface area contributed by atoms with Crippen molar-refractivity contribution >= 4 is 11.4 Å². The molecule has 0 radical (unpaired) electrons. The van der Waals surface area contributed by atoms with E-state index in [1.807, 2.05) is 0 Å². The van der Waals surface area contributed by atoms with Crippen molar-refractivity contribution in [2.75, 3.05) is 0 Å². The molecule has 1 aromatic carbocycles. The maximum Gasteiger partial charge on any atom is 0.159 e. The molecule has 4 aliphatic carbocycles. The molecule has 0 saturated heterocycles. The molecule has 86 valence electrons. The van der Waals surface area contributed by atoms with E-state index in [4.69, 9.17) is 0 Å². The first-order valence-corrected chi connectivity index (χ1v) is 6.69. The van der Waals surface area contributed by atoms with Crippen LogP contribution in [0.4, 0.5) is 0 Å². The van der Waals surface area contributed by atoms with Crippen LogP contribution in [0.1, 0.15) is 36.8 Å². The van der Waals surface area contributed by atoms with E-state index in [0.717, 1.165) is 12.8 Å². The van der Waals surface area contributed by atoms with Crippen molar-refractivity contribution in [2.45, 2.75) is 32.1 Å². The lowest BCUT2D eigenvalue weighted by atomic mass is 9.60. The molecule has 0 spiro atoms. The Hall–Kier alpha value is -1.37. The normalized spacial score (nSPS) is 30.2. The molecule has 1 fully saturated rings. The van der Waals surface area contributed by atoms with Crippen LogP contribution < -0.4 is 0 Å². The fraction of sp³-hybridized carbons (Fsp3) is 0.438. The Morgan fingerprint density at radius 2 is 1.94 bits per heavy atom. The Balaban J connectivity index is 1.99. The quantitative estimate of drug-likeness (QED) is 0.660. The Kier molecular flexibility index (Phi) is 1.88. The number of aryl methyl sites for hydroxylation is 1. The zero-order chi connectivity index (χ0) is 11.4. The van der Waals surface area contributed by atoms with Crippen molar-refractivity contribution in [3.05, 3.63) is 41.0 Å². The molecule has 5 rings (SSSR count). The summed E-state index contributed by atoms with van der Waals surface area (Å²) in [5.74, 6) is 1.76. The lowest BCUT2D eigenvalue weighted by Gasteiger charge is -2.43. The van der Waals surface area contributed by atoms with Crippen molar-refractivity contribution < 1.29 is 4.79 Å². The van der Waals surface area contributed by atoms with Gasteiger partial charge in [-0.05, 0) is 59.8 Å². The third-order valence-corrected chi connectivity index (χ3v) is 4.85.